The maximum atomic E-state index is 12.7. The van der Waals surface area contributed by atoms with Gasteiger partial charge in [0.25, 0.3) is 11.8 Å². The van der Waals surface area contributed by atoms with Crippen LogP contribution >= 0.6 is 0 Å². The first kappa shape index (κ1) is 22.3. The summed E-state index contributed by atoms with van der Waals surface area (Å²) >= 11 is 0. The number of methoxy groups -OCH3 is 1. The number of nitrogens with zero attached hydrogens (tertiary/aromatic N) is 2. The molecule has 7 heteroatoms. The van der Waals surface area contributed by atoms with Gasteiger partial charge in [-0.15, -0.1) is 0 Å². The minimum atomic E-state index is -0.269. The Labute approximate surface area is 183 Å². The van der Waals surface area contributed by atoms with E-state index in [0.717, 1.165) is 6.42 Å². The number of hydrogen-bond donors (Lipinski definition) is 1. The predicted molar refractivity (Wildman–Crippen MR) is 118 cm³/mol. The predicted octanol–water partition coefficient (Wildman–Crippen LogP) is 2.36. The van der Waals surface area contributed by atoms with Crippen molar-refractivity contribution < 1.29 is 19.1 Å². The molecule has 0 atom stereocenters. The molecule has 1 N–H and O–H groups in total. The van der Waals surface area contributed by atoms with E-state index in [2.05, 4.69) is 12.2 Å². The van der Waals surface area contributed by atoms with E-state index in [0.29, 0.717) is 43.1 Å². The average Bonchev–Trinajstić information content (AvgIpc) is 2.83. The molecule has 1 aliphatic heterocycles. The lowest BCUT2D eigenvalue weighted by atomic mass is 10.1. The summed E-state index contributed by atoms with van der Waals surface area (Å²) in [6.07, 6.45) is 1.15. The van der Waals surface area contributed by atoms with Crippen molar-refractivity contribution in [1.82, 2.24) is 15.1 Å². The van der Waals surface area contributed by atoms with Crippen molar-refractivity contribution in [2.45, 2.75) is 19.8 Å². The number of rotatable bonds is 7. The first-order valence-electron chi connectivity index (χ1n) is 10.6. The molecule has 0 saturated carbocycles. The van der Waals surface area contributed by atoms with Crippen LogP contribution in [0.15, 0.2) is 48.5 Å². The van der Waals surface area contributed by atoms with Crippen LogP contribution in [0.25, 0.3) is 0 Å². The van der Waals surface area contributed by atoms with E-state index in [1.807, 2.05) is 24.3 Å². The zero-order valence-electron chi connectivity index (χ0n) is 18.1. The maximum absolute atomic E-state index is 12.7. The van der Waals surface area contributed by atoms with Gasteiger partial charge in [-0.2, -0.15) is 0 Å². The summed E-state index contributed by atoms with van der Waals surface area (Å²) in [4.78, 5) is 41.0. The summed E-state index contributed by atoms with van der Waals surface area (Å²) in [6, 6.07) is 14.6. The molecule has 0 spiro atoms. The number of carbonyl (C=O) groups is 3. The van der Waals surface area contributed by atoms with Gasteiger partial charge < -0.3 is 19.9 Å². The van der Waals surface area contributed by atoms with Crippen molar-refractivity contribution in [2.24, 2.45) is 0 Å². The van der Waals surface area contributed by atoms with Crippen LogP contribution in [0.4, 0.5) is 0 Å². The Balaban J connectivity index is 1.43. The normalized spacial score (nSPS) is 13.6. The minimum absolute atomic E-state index is 0.00109. The van der Waals surface area contributed by atoms with Gasteiger partial charge in [0.05, 0.1) is 12.7 Å². The number of hydrogen-bond acceptors (Lipinski definition) is 4. The highest BCUT2D eigenvalue weighted by Crippen LogP contribution is 2.17. The van der Waals surface area contributed by atoms with Crippen molar-refractivity contribution in [3.05, 3.63) is 65.2 Å². The lowest BCUT2D eigenvalue weighted by Gasteiger charge is -2.35. The Morgan fingerprint density at radius 1 is 0.935 bits per heavy atom. The molecule has 0 bridgehead atoms. The quantitative estimate of drug-likeness (QED) is 0.742. The zero-order valence-corrected chi connectivity index (χ0v) is 18.1. The summed E-state index contributed by atoms with van der Waals surface area (Å²) in [5.74, 6) is 0.199. The summed E-state index contributed by atoms with van der Waals surface area (Å²) < 4.78 is 5.19. The monoisotopic (exact) mass is 423 g/mol. The molecule has 164 valence electrons. The maximum Gasteiger partial charge on any atom is 0.255 e. The molecule has 1 saturated heterocycles. The number of ether oxygens (including phenoxy) is 1. The molecule has 7 nitrogen and oxygen atoms in total. The second kappa shape index (κ2) is 10.6. The minimum Gasteiger partial charge on any atom is -0.496 e. The molecule has 0 unspecified atom stereocenters. The molecule has 0 aliphatic carbocycles. The van der Waals surface area contributed by atoms with Gasteiger partial charge in [0.15, 0.2) is 0 Å². The molecule has 1 fully saturated rings. The largest absolute Gasteiger partial charge is 0.496 e. The lowest BCUT2D eigenvalue weighted by molar-refractivity contribution is -0.132. The van der Waals surface area contributed by atoms with E-state index in [1.165, 1.54) is 12.7 Å². The Bertz CT molecular complexity index is 919. The van der Waals surface area contributed by atoms with Crippen LogP contribution in [0.1, 0.15) is 39.6 Å². The number of aryl methyl sites for hydroxylation is 1. The lowest BCUT2D eigenvalue weighted by Crippen LogP contribution is -2.51. The highest BCUT2D eigenvalue weighted by Gasteiger charge is 2.24. The molecule has 31 heavy (non-hydrogen) atoms. The van der Waals surface area contributed by atoms with Crippen molar-refractivity contribution in [3.8, 4) is 5.75 Å². The third kappa shape index (κ3) is 5.63. The smallest absolute Gasteiger partial charge is 0.255 e. The SMILES string of the molecule is CCc1ccc(C(=O)N2CCN(C(=O)CCNC(=O)c3ccccc3OC)CC2)cc1. The van der Waals surface area contributed by atoms with Crippen LogP contribution in [0.3, 0.4) is 0 Å². The van der Waals surface area contributed by atoms with Gasteiger partial charge >= 0.3 is 0 Å². The number of carbonyl (C=O) groups excluding carboxylic acids is 3. The number of piperazine rings is 1. The highest BCUT2D eigenvalue weighted by molar-refractivity contribution is 5.97. The number of amides is 3. The average molecular weight is 424 g/mol. The Hall–Kier alpha value is -3.35. The molecule has 1 aliphatic rings. The summed E-state index contributed by atoms with van der Waals surface area (Å²) in [5, 5.41) is 2.77. The highest BCUT2D eigenvalue weighted by atomic mass is 16.5. The van der Waals surface area contributed by atoms with Gasteiger partial charge in [0, 0.05) is 44.7 Å². The van der Waals surface area contributed by atoms with E-state index in [9.17, 15) is 14.4 Å². The molecular formula is C24H29N3O4. The third-order valence-electron chi connectivity index (χ3n) is 5.50. The van der Waals surface area contributed by atoms with Crippen LogP contribution in [0.2, 0.25) is 0 Å². The van der Waals surface area contributed by atoms with Gasteiger partial charge in [-0.3, -0.25) is 14.4 Å². The molecule has 0 aromatic heterocycles. The standard InChI is InChI=1S/C24H29N3O4/c1-3-18-8-10-19(11-9-18)24(30)27-16-14-26(15-17-27)22(28)12-13-25-23(29)20-6-4-5-7-21(20)31-2/h4-11H,3,12-17H2,1-2H3,(H,25,29). The molecule has 2 aromatic carbocycles. The summed E-state index contributed by atoms with van der Waals surface area (Å²) in [6.45, 7) is 4.34. The van der Waals surface area contributed by atoms with Crippen LogP contribution in [0.5, 0.6) is 5.75 Å². The Morgan fingerprint density at radius 2 is 1.58 bits per heavy atom. The Morgan fingerprint density at radius 3 is 2.23 bits per heavy atom. The number of para-hydroxylation sites is 1. The summed E-state index contributed by atoms with van der Waals surface area (Å²) in [5.41, 5.74) is 2.32. The first-order valence-corrected chi connectivity index (χ1v) is 10.6. The van der Waals surface area contributed by atoms with Crippen LogP contribution in [-0.2, 0) is 11.2 Å². The van der Waals surface area contributed by atoms with Crippen molar-refractivity contribution in [1.29, 1.82) is 0 Å². The van der Waals surface area contributed by atoms with Crippen molar-refractivity contribution >= 4 is 17.7 Å². The fraction of sp³-hybridized carbons (Fsp3) is 0.375. The van der Waals surface area contributed by atoms with Crippen LogP contribution < -0.4 is 10.1 Å². The van der Waals surface area contributed by atoms with Gasteiger partial charge in [-0.1, -0.05) is 31.2 Å². The molecule has 3 rings (SSSR count). The zero-order chi connectivity index (χ0) is 22.2. The van der Waals surface area contributed by atoms with Gasteiger partial charge in [0.2, 0.25) is 5.91 Å². The van der Waals surface area contributed by atoms with Crippen molar-refractivity contribution in [3.63, 3.8) is 0 Å². The second-order valence-electron chi connectivity index (χ2n) is 7.43. The number of benzene rings is 2. The molecular weight excluding hydrogens is 394 g/mol. The van der Waals surface area contributed by atoms with Crippen LogP contribution in [0, 0.1) is 0 Å². The van der Waals surface area contributed by atoms with Crippen molar-refractivity contribution in [2.75, 3.05) is 39.8 Å². The topological polar surface area (TPSA) is 79.0 Å². The first-order chi connectivity index (χ1) is 15.0. The summed E-state index contributed by atoms with van der Waals surface area (Å²) in [7, 11) is 1.51. The Kier molecular flexibility index (Phi) is 7.65. The second-order valence-corrected chi connectivity index (χ2v) is 7.43. The van der Waals surface area contributed by atoms with E-state index >= 15 is 0 Å². The fourth-order valence-electron chi connectivity index (χ4n) is 3.59. The van der Waals surface area contributed by atoms with E-state index < -0.39 is 0 Å². The van der Waals surface area contributed by atoms with E-state index in [1.54, 1.807) is 34.1 Å². The van der Waals surface area contributed by atoms with Gasteiger partial charge in [-0.25, -0.2) is 0 Å². The number of nitrogens with one attached hydrogen (secondary N) is 1. The molecule has 2 aromatic rings. The fourth-order valence-corrected chi connectivity index (χ4v) is 3.59. The third-order valence-corrected chi connectivity index (χ3v) is 5.50. The van der Waals surface area contributed by atoms with Crippen LogP contribution in [-0.4, -0.2) is 67.4 Å². The van der Waals surface area contributed by atoms with Gasteiger partial charge in [0.1, 0.15) is 5.75 Å². The van der Waals surface area contributed by atoms with Gasteiger partial charge in [-0.05, 0) is 36.2 Å². The van der Waals surface area contributed by atoms with E-state index in [-0.39, 0.29) is 30.7 Å². The molecule has 3 amide bonds. The molecule has 1 heterocycles. The van der Waals surface area contributed by atoms with E-state index in [4.69, 9.17) is 4.74 Å². The molecule has 0 radical (unpaired) electrons.